The maximum atomic E-state index is 10.8. The van der Waals surface area contributed by atoms with Crippen LogP contribution < -0.4 is 0 Å². The molecule has 0 aromatic heterocycles. The molecule has 98 valence electrons. The van der Waals surface area contributed by atoms with Crippen LogP contribution in [0.3, 0.4) is 0 Å². The molecule has 2 aromatic rings. The van der Waals surface area contributed by atoms with E-state index in [1.165, 1.54) is 0 Å². The van der Waals surface area contributed by atoms with Crippen molar-refractivity contribution < 1.29 is 15.0 Å². The van der Waals surface area contributed by atoms with Gasteiger partial charge in [-0.3, -0.25) is 9.69 Å². The quantitative estimate of drug-likeness (QED) is 0.883. The summed E-state index contributed by atoms with van der Waals surface area (Å²) in [5, 5.41) is 21.0. The molecule has 1 fully saturated rings. The molecule has 19 heavy (non-hydrogen) atoms. The van der Waals surface area contributed by atoms with Crippen molar-refractivity contribution in [3.8, 4) is 5.75 Å². The molecule has 2 aromatic carbocycles. The van der Waals surface area contributed by atoms with Gasteiger partial charge >= 0.3 is 5.97 Å². The first-order valence-electron chi connectivity index (χ1n) is 6.30. The van der Waals surface area contributed by atoms with Gasteiger partial charge in [0.25, 0.3) is 0 Å². The van der Waals surface area contributed by atoms with E-state index in [0.717, 1.165) is 16.3 Å². The number of carbonyl (C=O) groups is 1. The molecule has 1 heterocycles. The lowest BCUT2D eigenvalue weighted by Gasteiger charge is -2.36. The summed E-state index contributed by atoms with van der Waals surface area (Å²) in [5.74, 6) is -0.729. The van der Waals surface area contributed by atoms with E-state index in [9.17, 15) is 9.90 Å². The minimum absolute atomic E-state index is 0.267. The van der Waals surface area contributed by atoms with Crippen LogP contribution in [0, 0.1) is 5.92 Å². The molecule has 2 N–H and O–H groups in total. The molecule has 0 atom stereocenters. The van der Waals surface area contributed by atoms with Crippen molar-refractivity contribution in [3.63, 3.8) is 0 Å². The van der Waals surface area contributed by atoms with Crippen LogP contribution >= 0.6 is 0 Å². The number of aliphatic carboxylic acids is 1. The summed E-state index contributed by atoms with van der Waals surface area (Å²) >= 11 is 0. The molecule has 4 heteroatoms. The van der Waals surface area contributed by atoms with Gasteiger partial charge in [0.05, 0.1) is 5.92 Å². The van der Waals surface area contributed by atoms with Gasteiger partial charge in [-0.05, 0) is 16.8 Å². The van der Waals surface area contributed by atoms with Crippen LogP contribution in [0.1, 0.15) is 5.56 Å². The number of phenolic OH excluding ortho intramolecular Hbond substituents is 1. The fourth-order valence-corrected chi connectivity index (χ4v) is 2.57. The van der Waals surface area contributed by atoms with Crippen LogP contribution in [-0.4, -0.2) is 34.2 Å². The Morgan fingerprint density at radius 2 is 1.95 bits per heavy atom. The molecule has 1 aliphatic rings. The van der Waals surface area contributed by atoms with Crippen molar-refractivity contribution in [1.82, 2.24) is 4.90 Å². The van der Waals surface area contributed by atoms with Gasteiger partial charge < -0.3 is 10.2 Å². The van der Waals surface area contributed by atoms with Crippen LogP contribution in [0.25, 0.3) is 10.8 Å². The lowest BCUT2D eigenvalue weighted by Crippen LogP contribution is -2.49. The number of carboxylic acid groups (broad SMARTS) is 1. The Morgan fingerprint density at radius 3 is 2.68 bits per heavy atom. The van der Waals surface area contributed by atoms with Gasteiger partial charge in [0.1, 0.15) is 5.75 Å². The highest BCUT2D eigenvalue weighted by atomic mass is 16.4. The highest BCUT2D eigenvalue weighted by Crippen LogP contribution is 2.30. The van der Waals surface area contributed by atoms with Gasteiger partial charge in [-0.2, -0.15) is 0 Å². The first-order valence-corrected chi connectivity index (χ1v) is 6.30. The molecule has 4 nitrogen and oxygen atoms in total. The average molecular weight is 257 g/mol. The number of hydrogen-bond acceptors (Lipinski definition) is 3. The molecule has 0 amide bonds. The second-order valence-electron chi connectivity index (χ2n) is 5.01. The van der Waals surface area contributed by atoms with Crippen molar-refractivity contribution in [2.24, 2.45) is 5.92 Å². The van der Waals surface area contributed by atoms with Crippen LogP contribution in [-0.2, 0) is 11.3 Å². The number of fused-ring (bicyclic) bond motifs is 1. The molecule has 0 radical (unpaired) electrons. The number of aromatic hydroxyl groups is 1. The summed E-state index contributed by atoms with van der Waals surface area (Å²) in [5.41, 5.74) is 0.877. The monoisotopic (exact) mass is 257 g/mol. The molecular weight excluding hydrogens is 242 g/mol. The van der Waals surface area contributed by atoms with E-state index in [1.807, 2.05) is 35.2 Å². The van der Waals surface area contributed by atoms with Crippen molar-refractivity contribution in [2.45, 2.75) is 6.54 Å². The summed E-state index contributed by atoms with van der Waals surface area (Å²) in [6, 6.07) is 11.5. The standard InChI is InChI=1S/C15H15NO3/c17-14-6-5-10-3-1-2-4-12(10)13(14)9-16-7-11(8-16)15(18)19/h1-6,11,17H,7-9H2,(H,18,19). The van der Waals surface area contributed by atoms with E-state index in [4.69, 9.17) is 5.11 Å². The van der Waals surface area contributed by atoms with E-state index in [2.05, 4.69) is 0 Å². The molecular formula is C15H15NO3. The summed E-state index contributed by atoms with van der Waals surface area (Å²) in [6.45, 7) is 1.70. The van der Waals surface area contributed by atoms with Crippen LogP contribution in [0.4, 0.5) is 0 Å². The number of likely N-dealkylation sites (tertiary alicyclic amines) is 1. The van der Waals surface area contributed by atoms with Gasteiger partial charge in [-0.1, -0.05) is 30.3 Å². The third kappa shape index (κ3) is 2.15. The van der Waals surface area contributed by atoms with Crippen molar-refractivity contribution in [3.05, 3.63) is 42.0 Å². The van der Waals surface area contributed by atoms with Crippen LogP contribution in [0.2, 0.25) is 0 Å². The normalized spacial score (nSPS) is 16.4. The van der Waals surface area contributed by atoms with E-state index in [1.54, 1.807) is 6.07 Å². The summed E-state index contributed by atoms with van der Waals surface area (Å²) < 4.78 is 0. The fraction of sp³-hybridized carbons (Fsp3) is 0.267. The maximum absolute atomic E-state index is 10.8. The van der Waals surface area contributed by atoms with E-state index in [-0.39, 0.29) is 11.7 Å². The van der Waals surface area contributed by atoms with Gasteiger partial charge in [-0.25, -0.2) is 0 Å². The Labute approximate surface area is 110 Å². The third-order valence-corrected chi connectivity index (χ3v) is 3.70. The topological polar surface area (TPSA) is 60.8 Å². The van der Waals surface area contributed by atoms with E-state index < -0.39 is 5.97 Å². The first-order chi connectivity index (χ1) is 9.15. The Hall–Kier alpha value is -2.07. The van der Waals surface area contributed by atoms with E-state index in [0.29, 0.717) is 19.6 Å². The van der Waals surface area contributed by atoms with Crippen molar-refractivity contribution >= 4 is 16.7 Å². The number of benzene rings is 2. The molecule has 0 bridgehead atoms. The Kier molecular flexibility index (Phi) is 2.87. The second kappa shape index (κ2) is 4.55. The molecule has 0 spiro atoms. The molecule has 0 aliphatic carbocycles. The largest absolute Gasteiger partial charge is 0.508 e. The first kappa shape index (κ1) is 12.0. The SMILES string of the molecule is O=C(O)C1CN(Cc2c(O)ccc3ccccc23)C1. The Morgan fingerprint density at radius 1 is 1.21 bits per heavy atom. The van der Waals surface area contributed by atoms with E-state index >= 15 is 0 Å². The van der Waals surface area contributed by atoms with Gasteiger partial charge in [0.15, 0.2) is 0 Å². The number of nitrogens with zero attached hydrogens (tertiary/aromatic N) is 1. The number of carboxylic acids is 1. The van der Waals surface area contributed by atoms with Crippen LogP contribution in [0.15, 0.2) is 36.4 Å². The van der Waals surface area contributed by atoms with Gasteiger partial charge in [0, 0.05) is 25.2 Å². The van der Waals surface area contributed by atoms with Crippen molar-refractivity contribution in [2.75, 3.05) is 13.1 Å². The highest BCUT2D eigenvalue weighted by Gasteiger charge is 2.32. The Bertz CT molecular complexity index is 632. The van der Waals surface area contributed by atoms with Gasteiger partial charge in [-0.15, -0.1) is 0 Å². The summed E-state index contributed by atoms with van der Waals surface area (Å²) in [4.78, 5) is 12.8. The van der Waals surface area contributed by atoms with Crippen LogP contribution in [0.5, 0.6) is 5.75 Å². The zero-order valence-corrected chi connectivity index (χ0v) is 10.4. The summed E-state index contributed by atoms with van der Waals surface area (Å²) in [7, 11) is 0. The third-order valence-electron chi connectivity index (χ3n) is 3.70. The van der Waals surface area contributed by atoms with Crippen molar-refractivity contribution in [1.29, 1.82) is 0 Å². The smallest absolute Gasteiger partial charge is 0.309 e. The maximum Gasteiger partial charge on any atom is 0.309 e. The molecule has 1 saturated heterocycles. The van der Waals surface area contributed by atoms with Gasteiger partial charge in [0.2, 0.25) is 0 Å². The molecule has 1 aliphatic heterocycles. The number of hydrogen-bond donors (Lipinski definition) is 2. The predicted molar refractivity (Wildman–Crippen MR) is 72.0 cm³/mol. The zero-order valence-electron chi connectivity index (χ0n) is 10.4. The number of phenols is 1. The molecule has 0 unspecified atom stereocenters. The highest BCUT2D eigenvalue weighted by molar-refractivity contribution is 5.87. The summed E-state index contributed by atoms with van der Waals surface area (Å²) in [6.07, 6.45) is 0. The lowest BCUT2D eigenvalue weighted by atomic mass is 9.97. The minimum Gasteiger partial charge on any atom is -0.508 e. The second-order valence-corrected chi connectivity index (χ2v) is 5.01. The molecule has 3 rings (SSSR count). The molecule has 0 saturated carbocycles. The average Bonchev–Trinajstić information content (AvgIpc) is 2.34. The predicted octanol–water partition coefficient (Wildman–Crippen LogP) is 2.06. The number of rotatable bonds is 3. The minimum atomic E-state index is -0.738. The fourth-order valence-electron chi connectivity index (χ4n) is 2.57. The lowest BCUT2D eigenvalue weighted by molar-refractivity contribution is -0.147. The Balaban J connectivity index is 1.85. The zero-order chi connectivity index (χ0) is 13.4.